The lowest BCUT2D eigenvalue weighted by molar-refractivity contribution is -0.385. The Hall–Kier alpha value is -0.170. The molecule has 5 heteroatoms. The number of nitrogens with zero attached hydrogens (tertiary/aromatic N) is 1. The van der Waals surface area contributed by atoms with Crippen LogP contribution in [0, 0.1) is 19.6 Å². The molecular formula is C11H13BrINO2. The van der Waals surface area contributed by atoms with Crippen molar-refractivity contribution < 1.29 is 4.92 Å². The summed E-state index contributed by atoms with van der Waals surface area (Å²) < 4.78 is 0.955. The Morgan fingerprint density at radius 1 is 1.50 bits per heavy atom. The molecule has 0 saturated carbocycles. The van der Waals surface area contributed by atoms with E-state index in [0.29, 0.717) is 10.7 Å². The quantitative estimate of drug-likeness (QED) is 0.331. The molecule has 88 valence electrons. The summed E-state index contributed by atoms with van der Waals surface area (Å²) in [6.45, 7) is 4.30. The fraction of sp³-hybridized carbons (Fsp3) is 0.455. The maximum Gasteiger partial charge on any atom is 0.270 e. The van der Waals surface area contributed by atoms with E-state index >= 15 is 0 Å². The van der Waals surface area contributed by atoms with Crippen molar-refractivity contribution in [1.29, 1.82) is 0 Å². The normalized spacial score (nSPS) is 12.8. The number of halogens is 2. The molecule has 0 amide bonds. The summed E-state index contributed by atoms with van der Waals surface area (Å²) in [5, 5.41) is 10.6. The number of hydrogen-bond donors (Lipinski definition) is 0. The lowest BCUT2D eigenvalue weighted by Crippen LogP contribution is -2.11. The fourth-order valence-electron chi connectivity index (χ4n) is 1.26. The molecule has 0 bridgehead atoms. The van der Waals surface area contributed by atoms with Crippen LogP contribution in [0.2, 0.25) is 0 Å². The van der Waals surface area contributed by atoms with E-state index in [-0.39, 0.29) is 10.6 Å². The molecule has 0 N–H and O–H groups in total. The van der Waals surface area contributed by atoms with E-state index < -0.39 is 0 Å². The van der Waals surface area contributed by atoms with E-state index in [0.717, 1.165) is 15.6 Å². The Morgan fingerprint density at radius 3 is 2.56 bits per heavy atom. The molecule has 1 aromatic rings. The zero-order chi connectivity index (χ0) is 12.3. The second-order valence-corrected chi connectivity index (χ2v) is 6.34. The molecule has 0 saturated heterocycles. The standard InChI is InChI=1S/C11H13BrINO2/c1-7(2)10(12)5-8-3-4-9(14(15)16)6-11(8)13/h3-4,6-7,10H,5H2,1-2H3. The van der Waals surface area contributed by atoms with Crippen molar-refractivity contribution in [3.63, 3.8) is 0 Å². The number of benzene rings is 1. The second kappa shape index (κ2) is 5.95. The summed E-state index contributed by atoms with van der Waals surface area (Å²) in [5.41, 5.74) is 1.31. The zero-order valence-corrected chi connectivity index (χ0v) is 12.9. The van der Waals surface area contributed by atoms with Gasteiger partial charge >= 0.3 is 0 Å². The van der Waals surface area contributed by atoms with Crippen molar-refractivity contribution in [1.82, 2.24) is 0 Å². The largest absolute Gasteiger partial charge is 0.270 e. The molecule has 0 spiro atoms. The summed E-state index contributed by atoms with van der Waals surface area (Å²) in [6, 6.07) is 5.03. The first-order valence-electron chi connectivity index (χ1n) is 4.98. The van der Waals surface area contributed by atoms with Crippen LogP contribution in [-0.2, 0) is 6.42 Å². The van der Waals surface area contributed by atoms with Gasteiger partial charge in [-0.1, -0.05) is 35.8 Å². The van der Waals surface area contributed by atoms with E-state index in [9.17, 15) is 10.1 Å². The molecular weight excluding hydrogens is 385 g/mol. The third-order valence-corrected chi connectivity index (χ3v) is 4.77. The van der Waals surface area contributed by atoms with Crippen molar-refractivity contribution in [2.45, 2.75) is 25.1 Å². The van der Waals surface area contributed by atoms with Crippen molar-refractivity contribution in [2.75, 3.05) is 0 Å². The van der Waals surface area contributed by atoms with Gasteiger partial charge in [-0.25, -0.2) is 0 Å². The van der Waals surface area contributed by atoms with Crippen molar-refractivity contribution in [3.8, 4) is 0 Å². The van der Waals surface area contributed by atoms with Crippen molar-refractivity contribution in [2.24, 2.45) is 5.92 Å². The van der Waals surface area contributed by atoms with Crippen LogP contribution in [0.1, 0.15) is 19.4 Å². The molecule has 0 aliphatic heterocycles. The first-order valence-corrected chi connectivity index (χ1v) is 6.98. The number of non-ortho nitro benzene ring substituents is 1. The molecule has 1 aromatic carbocycles. The van der Waals surface area contributed by atoms with Gasteiger partial charge in [0.2, 0.25) is 0 Å². The van der Waals surface area contributed by atoms with Gasteiger partial charge in [0, 0.05) is 20.5 Å². The maximum absolute atomic E-state index is 10.6. The van der Waals surface area contributed by atoms with E-state index in [1.165, 1.54) is 0 Å². The minimum absolute atomic E-state index is 0.156. The molecule has 0 aromatic heterocycles. The van der Waals surface area contributed by atoms with Gasteiger partial charge in [-0.15, -0.1) is 0 Å². The third kappa shape index (κ3) is 3.69. The molecule has 1 atom stereocenters. The predicted octanol–water partition coefficient (Wildman–Crippen LogP) is 4.16. The summed E-state index contributed by atoms with van der Waals surface area (Å²) in [4.78, 5) is 10.6. The summed E-state index contributed by atoms with van der Waals surface area (Å²) in [5.74, 6) is 0.547. The topological polar surface area (TPSA) is 43.1 Å². The minimum atomic E-state index is -0.361. The lowest BCUT2D eigenvalue weighted by Gasteiger charge is -2.14. The highest BCUT2D eigenvalue weighted by molar-refractivity contribution is 14.1. The number of alkyl halides is 1. The molecule has 0 aliphatic rings. The highest BCUT2D eigenvalue weighted by Gasteiger charge is 2.14. The van der Waals surface area contributed by atoms with Crippen LogP contribution in [0.3, 0.4) is 0 Å². The maximum atomic E-state index is 10.6. The van der Waals surface area contributed by atoms with Crippen LogP contribution < -0.4 is 0 Å². The number of hydrogen-bond acceptors (Lipinski definition) is 2. The van der Waals surface area contributed by atoms with Crippen LogP contribution in [0.25, 0.3) is 0 Å². The molecule has 0 heterocycles. The van der Waals surface area contributed by atoms with Crippen LogP contribution in [0.5, 0.6) is 0 Å². The summed E-state index contributed by atoms with van der Waals surface area (Å²) in [6.07, 6.45) is 0.897. The third-order valence-electron chi connectivity index (χ3n) is 2.39. The van der Waals surface area contributed by atoms with Crippen LogP contribution >= 0.6 is 38.5 Å². The Bertz CT molecular complexity index is 396. The molecule has 0 fully saturated rings. The second-order valence-electron chi connectivity index (χ2n) is 4.00. The van der Waals surface area contributed by atoms with Gasteiger partial charge in [-0.3, -0.25) is 10.1 Å². The average Bonchev–Trinajstić information content (AvgIpc) is 2.20. The van der Waals surface area contributed by atoms with Gasteiger partial charge in [-0.2, -0.15) is 0 Å². The Balaban J connectivity index is 2.87. The van der Waals surface area contributed by atoms with Gasteiger partial charge in [0.05, 0.1) is 4.92 Å². The molecule has 1 rings (SSSR count). The van der Waals surface area contributed by atoms with Gasteiger partial charge in [-0.05, 0) is 40.5 Å². The first kappa shape index (κ1) is 13.9. The summed E-state index contributed by atoms with van der Waals surface area (Å²) >= 11 is 5.77. The Kier molecular flexibility index (Phi) is 5.17. The van der Waals surface area contributed by atoms with E-state index in [2.05, 4.69) is 52.4 Å². The van der Waals surface area contributed by atoms with Gasteiger partial charge in [0.15, 0.2) is 0 Å². The lowest BCUT2D eigenvalue weighted by atomic mass is 10.0. The van der Waals surface area contributed by atoms with Crippen molar-refractivity contribution in [3.05, 3.63) is 37.4 Å². The molecule has 0 aliphatic carbocycles. The van der Waals surface area contributed by atoms with Gasteiger partial charge in [0.25, 0.3) is 5.69 Å². The van der Waals surface area contributed by atoms with E-state index in [1.54, 1.807) is 12.1 Å². The average molecular weight is 398 g/mol. The Morgan fingerprint density at radius 2 is 2.12 bits per heavy atom. The van der Waals surface area contributed by atoms with Crippen LogP contribution in [0.15, 0.2) is 18.2 Å². The Labute approximate surface area is 117 Å². The molecule has 16 heavy (non-hydrogen) atoms. The summed E-state index contributed by atoms with van der Waals surface area (Å²) in [7, 11) is 0. The number of nitro benzene ring substituents is 1. The highest BCUT2D eigenvalue weighted by atomic mass is 127. The molecule has 3 nitrogen and oxygen atoms in total. The van der Waals surface area contributed by atoms with Crippen LogP contribution in [-0.4, -0.2) is 9.75 Å². The van der Waals surface area contributed by atoms with Crippen molar-refractivity contribution >= 4 is 44.2 Å². The first-order chi connectivity index (χ1) is 7.41. The predicted molar refractivity (Wildman–Crippen MR) is 77.1 cm³/mol. The highest BCUT2D eigenvalue weighted by Crippen LogP contribution is 2.24. The minimum Gasteiger partial charge on any atom is -0.258 e. The SMILES string of the molecule is CC(C)C(Br)Cc1ccc([N+](=O)[O-])cc1I. The monoisotopic (exact) mass is 397 g/mol. The van der Waals surface area contributed by atoms with E-state index in [1.807, 2.05) is 6.07 Å². The number of nitro groups is 1. The zero-order valence-electron chi connectivity index (χ0n) is 9.11. The molecule has 1 unspecified atom stereocenters. The van der Waals surface area contributed by atoms with Gasteiger partial charge < -0.3 is 0 Å². The van der Waals surface area contributed by atoms with Gasteiger partial charge in [0.1, 0.15) is 0 Å². The smallest absolute Gasteiger partial charge is 0.258 e. The molecule has 0 radical (unpaired) electrons. The van der Waals surface area contributed by atoms with Crippen LogP contribution in [0.4, 0.5) is 5.69 Å². The van der Waals surface area contributed by atoms with E-state index in [4.69, 9.17) is 0 Å². The fourth-order valence-corrected chi connectivity index (χ4v) is 2.33. The number of rotatable bonds is 4.